The molecule has 0 saturated heterocycles. The molecule has 0 spiro atoms. The summed E-state index contributed by atoms with van der Waals surface area (Å²) in [6, 6.07) is 15.8. The van der Waals surface area contributed by atoms with E-state index in [2.05, 4.69) is 5.10 Å². The van der Waals surface area contributed by atoms with Crippen LogP contribution in [0.2, 0.25) is 0 Å². The summed E-state index contributed by atoms with van der Waals surface area (Å²) in [4.78, 5) is 0. The molecular weight excluding hydrogens is 198 g/mol. The summed E-state index contributed by atoms with van der Waals surface area (Å²) in [5, 5.41) is 5.50. The van der Waals surface area contributed by atoms with Gasteiger partial charge in [0.25, 0.3) is 0 Å². The molecule has 0 aliphatic rings. The molecule has 0 unspecified atom stereocenters. The molecule has 1 aromatic heterocycles. The van der Waals surface area contributed by atoms with Crippen LogP contribution in [0.15, 0.2) is 54.7 Å². The molecule has 0 fully saturated rings. The van der Waals surface area contributed by atoms with Gasteiger partial charge in [0, 0.05) is 11.1 Å². The Bertz CT molecular complexity index is 640. The molecule has 0 atom stereocenters. The van der Waals surface area contributed by atoms with Crippen LogP contribution in [0.5, 0.6) is 0 Å². The lowest BCUT2D eigenvalue weighted by atomic mass is 10.2. The van der Waals surface area contributed by atoms with Gasteiger partial charge in [-0.3, -0.25) is 0 Å². The van der Waals surface area contributed by atoms with E-state index in [0.717, 1.165) is 22.3 Å². The van der Waals surface area contributed by atoms with Crippen LogP contribution in [0.3, 0.4) is 0 Å². The number of fused-ring (bicyclic) bond motifs is 1. The lowest BCUT2D eigenvalue weighted by molar-refractivity contribution is 0.911. The number of nitrogens with zero attached hydrogens (tertiary/aromatic N) is 2. The van der Waals surface area contributed by atoms with E-state index in [0.29, 0.717) is 0 Å². The van der Waals surface area contributed by atoms with Crippen molar-refractivity contribution in [3.63, 3.8) is 0 Å². The van der Waals surface area contributed by atoms with Crippen LogP contribution in [0.25, 0.3) is 16.6 Å². The van der Waals surface area contributed by atoms with Crippen molar-refractivity contribution in [2.75, 3.05) is 5.73 Å². The molecule has 16 heavy (non-hydrogen) atoms. The Kier molecular flexibility index (Phi) is 1.90. The van der Waals surface area contributed by atoms with Gasteiger partial charge >= 0.3 is 0 Å². The lowest BCUT2D eigenvalue weighted by Gasteiger charge is -2.03. The van der Waals surface area contributed by atoms with Gasteiger partial charge in [0.15, 0.2) is 0 Å². The van der Waals surface area contributed by atoms with Gasteiger partial charge in [-0.2, -0.15) is 5.10 Å². The van der Waals surface area contributed by atoms with E-state index < -0.39 is 0 Å². The van der Waals surface area contributed by atoms with E-state index in [-0.39, 0.29) is 0 Å². The monoisotopic (exact) mass is 209 g/mol. The molecule has 0 aliphatic carbocycles. The van der Waals surface area contributed by atoms with Gasteiger partial charge in [0.1, 0.15) is 0 Å². The van der Waals surface area contributed by atoms with E-state index in [1.807, 2.05) is 59.4 Å². The highest BCUT2D eigenvalue weighted by Gasteiger charge is 2.03. The van der Waals surface area contributed by atoms with E-state index in [1.54, 1.807) is 0 Å². The first-order valence-electron chi connectivity index (χ1n) is 5.13. The lowest BCUT2D eigenvalue weighted by Crippen LogP contribution is -1.96. The smallest absolute Gasteiger partial charge is 0.0741 e. The Morgan fingerprint density at radius 3 is 2.75 bits per heavy atom. The van der Waals surface area contributed by atoms with E-state index >= 15 is 0 Å². The molecule has 2 aromatic carbocycles. The average molecular weight is 209 g/mol. The fourth-order valence-corrected chi connectivity index (χ4v) is 1.83. The number of benzene rings is 2. The fraction of sp³-hybridized carbons (Fsp3) is 0. The van der Waals surface area contributed by atoms with Crippen molar-refractivity contribution in [2.24, 2.45) is 0 Å². The van der Waals surface area contributed by atoms with Crippen molar-refractivity contribution in [1.82, 2.24) is 9.78 Å². The van der Waals surface area contributed by atoms with Crippen molar-refractivity contribution >= 4 is 16.6 Å². The first kappa shape index (κ1) is 8.97. The minimum atomic E-state index is 0.747. The van der Waals surface area contributed by atoms with Crippen LogP contribution in [0.4, 0.5) is 5.69 Å². The van der Waals surface area contributed by atoms with Gasteiger partial charge in [-0.15, -0.1) is 0 Å². The summed E-state index contributed by atoms with van der Waals surface area (Å²) in [7, 11) is 0. The van der Waals surface area contributed by atoms with Gasteiger partial charge in [0.2, 0.25) is 0 Å². The number of rotatable bonds is 1. The Morgan fingerprint density at radius 2 is 1.88 bits per heavy atom. The minimum Gasteiger partial charge on any atom is -0.399 e. The summed E-state index contributed by atoms with van der Waals surface area (Å²) in [6.45, 7) is 0. The number of aromatic nitrogens is 2. The number of nitrogens with two attached hydrogens (primary N) is 1. The predicted molar refractivity (Wildman–Crippen MR) is 65.5 cm³/mol. The highest BCUT2D eigenvalue weighted by atomic mass is 15.3. The molecule has 0 amide bonds. The highest BCUT2D eigenvalue weighted by Crippen LogP contribution is 2.18. The largest absolute Gasteiger partial charge is 0.399 e. The van der Waals surface area contributed by atoms with Gasteiger partial charge in [-0.05, 0) is 24.3 Å². The summed E-state index contributed by atoms with van der Waals surface area (Å²) < 4.78 is 1.89. The zero-order valence-electron chi connectivity index (χ0n) is 8.67. The molecule has 3 rings (SSSR count). The van der Waals surface area contributed by atoms with Crippen LogP contribution in [0.1, 0.15) is 0 Å². The SMILES string of the molecule is Nc1cccc(-n2ncc3ccccc32)c1. The third-order valence-corrected chi connectivity index (χ3v) is 2.59. The Labute approximate surface area is 93.1 Å². The molecule has 2 N–H and O–H groups in total. The van der Waals surface area contributed by atoms with Crippen molar-refractivity contribution < 1.29 is 0 Å². The van der Waals surface area contributed by atoms with E-state index in [9.17, 15) is 0 Å². The maximum atomic E-state index is 5.77. The van der Waals surface area contributed by atoms with Crippen LogP contribution >= 0.6 is 0 Å². The number of nitrogen functional groups attached to an aromatic ring is 1. The molecule has 0 saturated carbocycles. The molecule has 0 aliphatic heterocycles. The highest BCUT2D eigenvalue weighted by molar-refractivity contribution is 5.80. The van der Waals surface area contributed by atoms with Crippen molar-refractivity contribution in [3.05, 3.63) is 54.7 Å². The molecule has 0 bridgehead atoms. The quantitative estimate of drug-likeness (QED) is 0.626. The second-order valence-corrected chi connectivity index (χ2v) is 3.71. The molecule has 3 nitrogen and oxygen atoms in total. The second-order valence-electron chi connectivity index (χ2n) is 3.71. The number of anilines is 1. The van der Waals surface area contributed by atoms with Crippen LogP contribution in [-0.4, -0.2) is 9.78 Å². The normalized spacial score (nSPS) is 10.8. The van der Waals surface area contributed by atoms with Crippen LogP contribution in [-0.2, 0) is 0 Å². The van der Waals surface area contributed by atoms with Gasteiger partial charge in [-0.25, -0.2) is 4.68 Å². The number of para-hydroxylation sites is 1. The maximum Gasteiger partial charge on any atom is 0.0741 e. The average Bonchev–Trinajstić information content (AvgIpc) is 2.72. The van der Waals surface area contributed by atoms with Gasteiger partial charge in [0.05, 0.1) is 17.4 Å². The van der Waals surface area contributed by atoms with Crippen LogP contribution in [0, 0.1) is 0 Å². The predicted octanol–water partition coefficient (Wildman–Crippen LogP) is 2.61. The number of hydrogen-bond donors (Lipinski definition) is 1. The maximum absolute atomic E-state index is 5.77. The molecule has 3 aromatic rings. The minimum absolute atomic E-state index is 0.747. The van der Waals surface area contributed by atoms with E-state index in [4.69, 9.17) is 5.73 Å². The summed E-state index contributed by atoms with van der Waals surface area (Å²) in [6.07, 6.45) is 1.86. The first-order valence-corrected chi connectivity index (χ1v) is 5.13. The molecule has 1 heterocycles. The Morgan fingerprint density at radius 1 is 1.00 bits per heavy atom. The topological polar surface area (TPSA) is 43.8 Å². The van der Waals surface area contributed by atoms with Gasteiger partial charge in [-0.1, -0.05) is 24.3 Å². The van der Waals surface area contributed by atoms with Crippen molar-refractivity contribution in [1.29, 1.82) is 0 Å². The zero-order chi connectivity index (χ0) is 11.0. The van der Waals surface area contributed by atoms with Crippen LogP contribution < -0.4 is 5.73 Å². The fourth-order valence-electron chi connectivity index (χ4n) is 1.83. The standard InChI is InChI=1S/C13H11N3/c14-11-5-3-6-12(8-11)16-13-7-2-1-4-10(13)9-15-16/h1-9H,14H2. The van der Waals surface area contributed by atoms with Crippen molar-refractivity contribution in [3.8, 4) is 5.69 Å². The van der Waals surface area contributed by atoms with Gasteiger partial charge < -0.3 is 5.73 Å². The summed E-state index contributed by atoms with van der Waals surface area (Å²) >= 11 is 0. The molecular formula is C13H11N3. The molecule has 3 heteroatoms. The summed E-state index contributed by atoms with van der Waals surface area (Å²) in [5.74, 6) is 0. The number of hydrogen-bond acceptors (Lipinski definition) is 2. The Hall–Kier alpha value is -2.29. The third-order valence-electron chi connectivity index (χ3n) is 2.59. The molecule has 78 valence electrons. The third kappa shape index (κ3) is 1.34. The molecule has 0 radical (unpaired) electrons. The second kappa shape index (κ2) is 3.38. The first-order chi connectivity index (χ1) is 7.84. The van der Waals surface area contributed by atoms with Crippen molar-refractivity contribution in [2.45, 2.75) is 0 Å². The van der Waals surface area contributed by atoms with E-state index in [1.165, 1.54) is 0 Å². The summed E-state index contributed by atoms with van der Waals surface area (Å²) in [5.41, 5.74) is 8.59. The Balaban J connectivity index is 2.26. The zero-order valence-corrected chi connectivity index (χ0v) is 8.67.